The van der Waals surface area contributed by atoms with Crippen molar-refractivity contribution in [3.05, 3.63) is 0 Å². The SMILES string of the molecule is CC(=O)NCCNCCN(C(C)C)C(C)C. The van der Waals surface area contributed by atoms with E-state index in [1.54, 1.807) is 6.92 Å². The lowest BCUT2D eigenvalue weighted by Gasteiger charge is -2.30. The average molecular weight is 229 g/mol. The van der Waals surface area contributed by atoms with E-state index >= 15 is 0 Å². The molecule has 0 saturated heterocycles. The van der Waals surface area contributed by atoms with Crippen LogP contribution in [0.1, 0.15) is 34.6 Å². The topological polar surface area (TPSA) is 44.4 Å². The zero-order chi connectivity index (χ0) is 12.6. The molecule has 0 aliphatic rings. The first-order chi connectivity index (χ1) is 7.45. The second-order valence-electron chi connectivity index (χ2n) is 4.66. The summed E-state index contributed by atoms with van der Waals surface area (Å²) in [4.78, 5) is 13.1. The summed E-state index contributed by atoms with van der Waals surface area (Å²) < 4.78 is 0. The summed E-state index contributed by atoms with van der Waals surface area (Å²) in [6.45, 7) is 14.0. The Kier molecular flexibility index (Phi) is 8.21. The van der Waals surface area contributed by atoms with E-state index in [0.717, 1.165) is 19.6 Å². The standard InChI is InChI=1S/C12H27N3O/c1-10(2)15(11(3)4)9-8-13-6-7-14-12(5)16/h10-11,13H,6-9H2,1-5H3,(H,14,16). The molecule has 4 nitrogen and oxygen atoms in total. The quantitative estimate of drug-likeness (QED) is 0.606. The molecule has 0 aromatic rings. The van der Waals surface area contributed by atoms with Crippen molar-refractivity contribution in [2.45, 2.75) is 46.7 Å². The van der Waals surface area contributed by atoms with Crippen LogP contribution < -0.4 is 10.6 Å². The van der Waals surface area contributed by atoms with Crippen LogP contribution in [0.2, 0.25) is 0 Å². The van der Waals surface area contributed by atoms with Gasteiger partial charge in [-0.15, -0.1) is 0 Å². The van der Waals surface area contributed by atoms with Gasteiger partial charge in [-0.05, 0) is 27.7 Å². The molecular weight excluding hydrogens is 202 g/mol. The van der Waals surface area contributed by atoms with Gasteiger partial charge in [0.25, 0.3) is 0 Å². The molecule has 0 aliphatic carbocycles. The zero-order valence-corrected chi connectivity index (χ0v) is 11.3. The van der Waals surface area contributed by atoms with Crippen molar-refractivity contribution < 1.29 is 4.79 Å². The van der Waals surface area contributed by atoms with Gasteiger partial charge in [0.1, 0.15) is 0 Å². The minimum Gasteiger partial charge on any atom is -0.355 e. The van der Waals surface area contributed by atoms with Crippen molar-refractivity contribution in [3.63, 3.8) is 0 Å². The summed E-state index contributed by atoms with van der Waals surface area (Å²) in [7, 11) is 0. The monoisotopic (exact) mass is 229 g/mol. The summed E-state index contributed by atoms with van der Waals surface area (Å²) in [5.74, 6) is 0.0350. The molecule has 0 radical (unpaired) electrons. The maximum atomic E-state index is 10.6. The number of carbonyl (C=O) groups excluding carboxylic acids is 1. The lowest BCUT2D eigenvalue weighted by molar-refractivity contribution is -0.118. The van der Waals surface area contributed by atoms with Gasteiger partial charge in [-0.3, -0.25) is 9.69 Å². The molecule has 0 unspecified atom stereocenters. The van der Waals surface area contributed by atoms with Crippen LogP contribution in [0.5, 0.6) is 0 Å². The molecule has 0 bridgehead atoms. The fourth-order valence-corrected chi connectivity index (χ4v) is 1.77. The Hall–Kier alpha value is -0.610. The number of nitrogens with zero attached hydrogens (tertiary/aromatic N) is 1. The molecule has 0 rings (SSSR count). The second-order valence-corrected chi connectivity index (χ2v) is 4.66. The molecule has 96 valence electrons. The summed E-state index contributed by atoms with van der Waals surface area (Å²) in [5, 5.41) is 6.09. The third-order valence-corrected chi connectivity index (χ3v) is 2.55. The van der Waals surface area contributed by atoms with Crippen LogP contribution in [0, 0.1) is 0 Å². The minimum atomic E-state index is 0.0350. The van der Waals surface area contributed by atoms with Crippen LogP contribution >= 0.6 is 0 Å². The van der Waals surface area contributed by atoms with Gasteiger partial charge >= 0.3 is 0 Å². The van der Waals surface area contributed by atoms with Crippen LogP contribution in [-0.2, 0) is 4.79 Å². The molecule has 0 fully saturated rings. The molecule has 1 amide bonds. The Labute approximate surface area is 99.8 Å². The first-order valence-corrected chi connectivity index (χ1v) is 6.16. The molecule has 0 spiro atoms. The predicted molar refractivity (Wildman–Crippen MR) is 68.5 cm³/mol. The maximum absolute atomic E-state index is 10.6. The highest BCUT2D eigenvalue weighted by atomic mass is 16.1. The largest absolute Gasteiger partial charge is 0.355 e. The Morgan fingerprint density at radius 2 is 1.62 bits per heavy atom. The summed E-state index contributed by atoms with van der Waals surface area (Å²) in [6.07, 6.45) is 0. The molecule has 0 aromatic heterocycles. The number of carbonyl (C=O) groups is 1. The van der Waals surface area contributed by atoms with E-state index in [0.29, 0.717) is 18.6 Å². The molecular formula is C12H27N3O. The third kappa shape index (κ3) is 7.65. The Balaban J connectivity index is 3.52. The highest BCUT2D eigenvalue weighted by molar-refractivity contribution is 5.72. The first-order valence-electron chi connectivity index (χ1n) is 6.16. The van der Waals surface area contributed by atoms with Gasteiger partial charge < -0.3 is 10.6 Å². The predicted octanol–water partition coefficient (Wildman–Crippen LogP) is 0.831. The summed E-state index contributed by atoms with van der Waals surface area (Å²) in [5.41, 5.74) is 0. The van der Waals surface area contributed by atoms with Gasteiger partial charge in [0.2, 0.25) is 5.91 Å². The number of nitrogens with one attached hydrogen (secondary N) is 2. The maximum Gasteiger partial charge on any atom is 0.216 e. The third-order valence-electron chi connectivity index (χ3n) is 2.55. The van der Waals surface area contributed by atoms with Crippen molar-refractivity contribution >= 4 is 5.91 Å². The minimum absolute atomic E-state index is 0.0350. The highest BCUT2D eigenvalue weighted by Crippen LogP contribution is 2.02. The molecule has 0 aliphatic heterocycles. The number of amides is 1. The molecule has 0 atom stereocenters. The van der Waals surface area contributed by atoms with Crippen LogP contribution in [0.25, 0.3) is 0 Å². The lowest BCUT2D eigenvalue weighted by Crippen LogP contribution is -2.42. The van der Waals surface area contributed by atoms with Crippen molar-refractivity contribution in [1.82, 2.24) is 15.5 Å². The van der Waals surface area contributed by atoms with E-state index in [4.69, 9.17) is 0 Å². The molecule has 0 aromatic carbocycles. The lowest BCUT2D eigenvalue weighted by atomic mass is 10.2. The van der Waals surface area contributed by atoms with E-state index in [1.165, 1.54) is 0 Å². The molecule has 2 N–H and O–H groups in total. The van der Waals surface area contributed by atoms with Gasteiger partial charge in [-0.1, -0.05) is 0 Å². The Bertz CT molecular complexity index is 185. The van der Waals surface area contributed by atoms with Crippen molar-refractivity contribution in [1.29, 1.82) is 0 Å². The van der Waals surface area contributed by atoms with Gasteiger partial charge in [0.15, 0.2) is 0 Å². The van der Waals surface area contributed by atoms with Gasteiger partial charge in [0.05, 0.1) is 0 Å². The van der Waals surface area contributed by atoms with E-state index < -0.39 is 0 Å². The van der Waals surface area contributed by atoms with E-state index in [2.05, 4.69) is 43.2 Å². The highest BCUT2D eigenvalue weighted by Gasteiger charge is 2.11. The van der Waals surface area contributed by atoms with Crippen molar-refractivity contribution in [2.24, 2.45) is 0 Å². The molecule has 16 heavy (non-hydrogen) atoms. The van der Waals surface area contributed by atoms with Crippen LogP contribution in [0.3, 0.4) is 0 Å². The van der Waals surface area contributed by atoms with Crippen LogP contribution in [0.15, 0.2) is 0 Å². The second kappa shape index (κ2) is 8.53. The van der Waals surface area contributed by atoms with Gasteiger partial charge in [-0.2, -0.15) is 0 Å². The smallest absolute Gasteiger partial charge is 0.216 e. The van der Waals surface area contributed by atoms with Crippen molar-refractivity contribution in [3.8, 4) is 0 Å². The normalized spacial score (nSPS) is 11.5. The average Bonchev–Trinajstić information content (AvgIpc) is 2.14. The number of hydrogen-bond donors (Lipinski definition) is 2. The fraction of sp³-hybridized carbons (Fsp3) is 0.917. The Morgan fingerprint density at radius 3 is 2.06 bits per heavy atom. The first kappa shape index (κ1) is 15.4. The summed E-state index contributed by atoms with van der Waals surface area (Å²) in [6, 6.07) is 1.16. The molecule has 0 saturated carbocycles. The fourth-order valence-electron chi connectivity index (χ4n) is 1.77. The van der Waals surface area contributed by atoms with E-state index in [1.807, 2.05) is 0 Å². The molecule has 0 heterocycles. The van der Waals surface area contributed by atoms with Crippen LogP contribution in [0.4, 0.5) is 0 Å². The van der Waals surface area contributed by atoms with E-state index in [-0.39, 0.29) is 5.91 Å². The van der Waals surface area contributed by atoms with Gasteiger partial charge in [0, 0.05) is 45.2 Å². The number of rotatable bonds is 8. The molecule has 4 heteroatoms. The van der Waals surface area contributed by atoms with Gasteiger partial charge in [-0.25, -0.2) is 0 Å². The van der Waals surface area contributed by atoms with Crippen molar-refractivity contribution in [2.75, 3.05) is 26.2 Å². The van der Waals surface area contributed by atoms with E-state index in [9.17, 15) is 4.79 Å². The summed E-state index contributed by atoms with van der Waals surface area (Å²) >= 11 is 0. The zero-order valence-electron chi connectivity index (χ0n) is 11.3. The Morgan fingerprint density at radius 1 is 1.06 bits per heavy atom. The number of hydrogen-bond acceptors (Lipinski definition) is 3. The van der Waals surface area contributed by atoms with Crippen LogP contribution in [-0.4, -0.2) is 49.1 Å².